The molecule has 1 aromatic carbocycles. The molecule has 0 saturated heterocycles. The van der Waals surface area contributed by atoms with Crippen molar-refractivity contribution in [1.82, 2.24) is 15.0 Å². The van der Waals surface area contributed by atoms with Crippen LogP contribution >= 0.6 is 0 Å². The van der Waals surface area contributed by atoms with Crippen LogP contribution in [0.1, 0.15) is 38.2 Å². The summed E-state index contributed by atoms with van der Waals surface area (Å²) in [6.07, 6.45) is 10.3. The summed E-state index contributed by atoms with van der Waals surface area (Å²) in [5.74, 6) is 6.65. The minimum atomic E-state index is -0.350. The number of halogens is 1. The number of hydrogen-bond acceptors (Lipinski definition) is 7. The zero-order chi connectivity index (χ0) is 22.7. The van der Waals surface area contributed by atoms with Crippen LogP contribution in [0.2, 0.25) is 0 Å². The third-order valence-electron chi connectivity index (χ3n) is 5.95. The average molecular weight is 439 g/mol. The SMILES string of the molecule is C=C/C=C(\N=C(C)N(N)C1CCCC[C@@H]1N=O)C1=C(c2ccc(F)cc2)N2CN1C=CO2. The Kier molecular flexibility index (Phi) is 6.36. The van der Waals surface area contributed by atoms with Crippen molar-refractivity contribution in [1.29, 1.82) is 0 Å². The first-order chi connectivity index (χ1) is 15.5. The Labute approximate surface area is 186 Å². The molecule has 3 aliphatic rings. The molecule has 32 heavy (non-hydrogen) atoms. The lowest BCUT2D eigenvalue weighted by Gasteiger charge is -2.34. The molecule has 1 aromatic rings. The lowest BCUT2D eigenvalue weighted by atomic mass is 9.90. The molecular formula is C23H27FN6O2. The molecule has 168 valence electrons. The molecule has 2 atom stereocenters. The minimum absolute atomic E-state index is 0.185. The molecule has 0 radical (unpaired) electrons. The smallest absolute Gasteiger partial charge is 0.135 e. The van der Waals surface area contributed by atoms with Crippen molar-refractivity contribution >= 4 is 11.5 Å². The molecule has 2 aliphatic heterocycles. The topological polar surface area (TPSA) is 86.8 Å². The molecule has 8 nitrogen and oxygen atoms in total. The number of hydrazine groups is 1. The molecule has 1 fully saturated rings. The van der Waals surface area contributed by atoms with Gasteiger partial charge in [-0.25, -0.2) is 15.2 Å². The average Bonchev–Trinajstić information content (AvgIpc) is 3.07. The van der Waals surface area contributed by atoms with E-state index in [-0.39, 0.29) is 17.9 Å². The predicted octanol–water partition coefficient (Wildman–Crippen LogP) is 4.23. The van der Waals surface area contributed by atoms with Gasteiger partial charge in [0.2, 0.25) is 0 Å². The highest BCUT2D eigenvalue weighted by atomic mass is 19.1. The normalized spacial score (nSPS) is 23.3. The van der Waals surface area contributed by atoms with Crippen molar-refractivity contribution < 1.29 is 9.23 Å². The molecule has 1 unspecified atom stereocenters. The fourth-order valence-corrected chi connectivity index (χ4v) is 4.36. The third-order valence-corrected chi connectivity index (χ3v) is 5.95. The van der Waals surface area contributed by atoms with Crippen molar-refractivity contribution in [2.24, 2.45) is 16.0 Å². The lowest BCUT2D eigenvalue weighted by Crippen LogP contribution is -2.51. The van der Waals surface area contributed by atoms with Gasteiger partial charge in [-0.3, -0.25) is 5.01 Å². The van der Waals surface area contributed by atoms with Crippen LogP contribution in [0.25, 0.3) is 5.70 Å². The summed E-state index contributed by atoms with van der Waals surface area (Å²) in [7, 11) is 0. The fourth-order valence-electron chi connectivity index (χ4n) is 4.36. The van der Waals surface area contributed by atoms with Gasteiger partial charge in [0.1, 0.15) is 36.3 Å². The van der Waals surface area contributed by atoms with E-state index in [1.807, 2.05) is 18.0 Å². The van der Waals surface area contributed by atoms with E-state index in [0.717, 1.165) is 42.6 Å². The lowest BCUT2D eigenvalue weighted by molar-refractivity contribution is -0.0690. The Morgan fingerprint density at radius 3 is 2.78 bits per heavy atom. The molecular weight excluding hydrogens is 411 g/mol. The molecule has 0 aromatic heterocycles. The second-order valence-corrected chi connectivity index (χ2v) is 7.96. The maximum atomic E-state index is 13.5. The molecule has 4 rings (SSSR count). The number of hydrogen-bond donors (Lipinski definition) is 1. The zero-order valence-corrected chi connectivity index (χ0v) is 18.0. The minimum Gasteiger partial charge on any atom is -0.384 e. The van der Waals surface area contributed by atoms with Crippen LogP contribution in [0, 0.1) is 10.7 Å². The van der Waals surface area contributed by atoms with Gasteiger partial charge in [-0.15, -0.1) is 0 Å². The Bertz CT molecular complexity index is 1000. The quantitative estimate of drug-likeness (QED) is 0.179. The third kappa shape index (κ3) is 4.16. The van der Waals surface area contributed by atoms with Crippen LogP contribution in [0.4, 0.5) is 4.39 Å². The maximum absolute atomic E-state index is 13.5. The van der Waals surface area contributed by atoms with Gasteiger partial charge in [-0.2, -0.15) is 9.97 Å². The molecule has 2 N–H and O–H groups in total. The molecule has 0 spiro atoms. The largest absolute Gasteiger partial charge is 0.384 e. The molecule has 1 aliphatic carbocycles. The van der Waals surface area contributed by atoms with Gasteiger partial charge in [-0.05, 0) is 50.1 Å². The Balaban J connectivity index is 1.73. The first-order valence-corrected chi connectivity index (χ1v) is 10.7. The van der Waals surface area contributed by atoms with Crippen LogP contribution in [0.3, 0.4) is 0 Å². The van der Waals surface area contributed by atoms with Gasteiger partial charge >= 0.3 is 0 Å². The van der Waals surface area contributed by atoms with Crippen molar-refractivity contribution in [3.63, 3.8) is 0 Å². The van der Waals surface area contributed by atoms with Gasteiger partial charge in [0.05, 0.1) is 17.4 Å². The highest BCUT2D eigenvalue weighted by molar-refractivity contribution is 5.82. The van der Waals surface area contributed by atoms with E-state index in [4.69, 9.17) is 15.7 Å². The number of nitroso groups, excluding NO2 is 1. The number of rotatable bonds is 6. The molecule has 9 heteroatoms. The molecule has 2 bridgehead atoms. The summed E-state index contributed by atoms with van der Waals surface area (Å²) in [5.41, 5.74) is 2.95. The van der Waals surface area contributed by atoms with E-state index in [1.54, 1.807) is 40.6 Å². The fraction of sp³-hybridized carbons (Fsp3) is 0.348. The number of nitrogens with two attached hydrogens (primary N) is 1. The Morgan fingerprint density at radius 1 is 1.31 bits per heavy atom. The highest BCUT2D eigenvalue weighted by Crippen LogP contribution is 2.39. The van der Waals surface area contributed by atoms with Gasteiger partial charge in [0.25, 0.3) is 0 Å². The van der Waals surface area contributed by atoms with E-state index in [1.165, 1.54) is 12.1 Å². The van der Waals surface area contributed by atoms with E-state index in [2.05, 4.69) is 11.8 Å². The number of amidine groups is 1. The van der Waals surface area contributed by atoms with Crippen LogP contribution in [0.5, 0.6) is 0 Å². The number of nitrogens with zero attached hydrogens (tertiary/aromatic N) is 5. The summed E-state index contributed by atoms with van der Waals surface area (Å²) in [5, 5.41) is 6.57. The van der Waals surface area contributed by atoms with E-state index in [0.29, 0.717) is 18.2 Å². The number of hydroxylamine groups is 2. The number of allylic oxidation sites excluding steroid dienone is 2. The standard InChI is InChI=1S/C23H27FN6O2/c1-3-6-20(26-16(2)30(25)21-8-5-4-7-19(21)27-31)23-22(17-9-11-18(24)12-10-17)29-15-28(23)13-14-32-29/h3,6,9-14,19,21H,1,4-5,7-8,15,25H2,2H3/b20-6-,26-16?/t19-,21?/m0/s1. The van der Waals surface area contributed by atoms with Gasteiger partial charge in [0, 0.05) is 11.8 Å². The van der Waals surface area contributed by atoms with Crippen molar-refractivity contribution in [2.45, 2.75) is 44.7 Å². The number of benzene rings is 1. The number of fused-ring (bicyclic) bond motifs is 2. The summed E-state index contributed by atoms with van der Waals surface area (Å²) in [6.45, 7) is 6.11. The predicted molar refractivity (Wildman–Crippen MR) is 121 cm³/mol. The van der Waals surface area contributed by atoms with Gasteiger partial charge in [0.15, 0.2) is 0 Å². The molecule has 1 saturated carbocycles. The van der Waals surface area contributed by atoms with Crippen LogP contribution < -0.4 is 5.84 Å². The Morgan fingerprint density at radius 2 is 2.06 bits per heavy atom. The second kappa shape index (κ2) is 9.35. The summed E-state index contributed by atoms with van der Waals surface area (Å²) >= 11 is 0. The summed E-state index contributed by atoms with van der Waals surface area (Å²) < 4.78 is 13.5. The number of aliphatic imine (C=N–C) groups is 1. The molecule has 0 amide bonds. The first kappa shape index (κ1) is 21.8. The van der Waals surface area contributed by atoms with Crippen LogP contribution in [-0.4, -0.2) is 39.6 Å². The van der Waals surface area contributed by atoms with Crippen molar-refractivity contribution in [2.75, 3.05) is 6.67 Å². The van der Waals surface area contributed by atoms with Crippen LogP contribution in [-0.2, 0) is 4.84 Å². The van der Waals surface area contributed by atoms with Gasteiger partial charge < -0.3 is 9.74 Å². The molecule has 2 heterocycles. The van der Waals surface area contributed by atoms with E-state index >= 15 is 0 Å². The van der Waals surface area contributed by atoms with E-state index in [9.17, 15) is 9.30 Å². The monoisotopic (exact) mass is 438 g/mol. The second-order valence-electron chi connectivity index (χ2n) is 7.96. The highest BCUT2D eigenvalue weighted by Gasteiger charge is 2.35. The van der Waals surface area contributed by atoms with Crippen molar-refractivity contribution in [3.8, 4) is 0 Å². The van der Waals surface area contributed by atoms with Crippen molar-refractivity contribution in [3.05, 3.63) is 83.1 Å². The summed E-state index contributed by atoms with van der Waals surface area (Å²) in [4.78, 5) is 23.8. The first-order valence-electron chi connectivity index (χ1n) is 10.7. The Hall–Kier alpha value is -3.46. The van der Waals surface area contributed by atoms with Crippen LogP contribution in [0.15, 0.2) is 77.0 Å². The summed E-state index contributed by atoms with van der Waals surface area (Å²) in [6, 6.07) is 5.70. The van der Waals surface area contributed by atoms with E-state index < -0.39 is 0 Å². The maximum Gasteiger partial charge on any atom is 0.135 e. The zero-order valence-electron chi connectivity index (χ0n) is 18.0. The van der Waals surface area contributed by atoms with Gasteiger partial charge in [-0.1, -0.05) is 30.7 Å².